The molecule has 0 radical (unpaired) electrons. The van der Waals surface area contributed by atoms with Crippen LogP contribution < -0.4 is 20.6 Å². The lowest BCUT2D eigenvalue weighted by molar-refractivity contribution is -0.113. The second kappa shape index (κ2) is 11.1. The van der Waals surface area contributed by atoms with Crippen molar-refractivity contribution in [2.45, 2.75) is 13.8 Å². The molecular formula is C27H34N6O3. The van der Waals surface area contributed by atoms with Gasteiger partial charge in [-0.3, -0.25) is 9.36 Å². The van der Waals surface area contributed by atoms with Crippen LogP contribution in [0.15, 0.2) is 59.4 Å². The van der Waals surface area contributed by atoms with E-state index >= 15 is 0 Å². The quantitative estimate of drug-likeness (QED) is 0.354. The number of methoxy groups -OCH3 is 1. The molecule has 3 aromatic rings. The summed E-state index contributed by atoms with van der Waals surface area (Å²) in [5.41, 5.74) is 3.06. The summed E-state index contributed by atoms with van der Waals surface area (Å²) in [6.07, 6.45) is 3.34. The summed E-state index contributed by atoms with van der Waals surface area (Å²) in [6, 6.07) is 12.7. The largest absolute Gasteiger partial charge is 0.496 e. The number of hydrogen-bond acceptors (Lipinski definition) is 6. The summed E-state index contributed by atoms with van der Waals surface area (Å²) in [7, 11) is 8.86. The van der Waals surface area contributed by atoms with Crippen LogP contribution in [0.2, 0.25) is 0 Å². The van der Waals surface area contributed by atoms with Crippen LogP contribution >= 0.6 is 0 Å². The second-order valence-corrected chi connectivity index (χ2v) is 8.76. The van der Waals surface area contributed by atoms with Gasteiger partial charge in [0.05, 0.1) is 24.2 Å². The molecule has 0 saturated carbocycles. The lowest BCUT2D eigenvalue weighted by Crippen LogP contribution is -2.26. The van der Waals surface area contributed by atoms with Crippen molar-refractivity contribution in [1.29, 1.82) is 5.41 Å². The van der Waals surface area contributed by atoms with Crippen LogP contribution in [0.4, 0.5) is 11.5 Å². The number of carbonyl (C=O) groups excluding carboxylic acids is 1. The van der Waals surface area contributed by atoms with Gasteiger partial charge in [0.2, 0.25) is 5.91 Å². The van der Waals surface area contributed by atoms with Crippen molar-refractivity contribution in [3.05, 3.63) is 76.4 Å². The summed E-state index contributed by atoms with van der Waals surface area (Å²) < 4.78 is 8.48. The van der Waals surface area contributed by atoms with E-state index in [1.807, 2.05) is 44.1 Å². The Hall–Kier alpha value is -4.11. The summed E-state index contributed by atoms with van der Waals surface area (Å²) in [5.74, 6) is 0.954. The lowest BCUT2D eigenvalue weighted by atomic mass is 10.2. The molecule has 0 aliphatic carbocycles. The SMILES string of the molecule is CNc1c(C(C)=N)n(-c2ccc(C)c(OC)c2)c(=O)n1-c1cccc(N(C)C(=O)/C=C/CN(C)C)c1. The number of hydrogen-bond donors (Lipinski definition) is 2. The number of nitrogens with one attached hydrogen (secondary N) is 2. The Bertz CT molecular complexity index is 1370. The molecule has 2 N–H and O–H groups in total. The molecule has 0 spiro atoms. The maximum atomic E-state index is 13.8. The van der Waals surface area contributed by atoms with Gasteiger partial charge in [-0.1, -0.05) is 18.2 Å². The number of aromatic nitrogens is 2. The topological polar surface area (TPSA) is 95.6 Å². The fourth-order valence-electron chi connectivity index (χ4n) is 3.95. The van der Waals surface area contributed by atoms with Gasteiger partial charge in [0.15, 0.2) is 0 Å². The Labute approximate surface area is 211 Å². The van der Waals surface area contributed by atoms with Crippen LogP contribution in [0.5, 0.6) is 5.75 Å². The molecule has 1 heterocycles. The predicted molar refractivity (Wildman–Crippen MR) is 146 cm³/mol. The molecule has 9 nitrogen and oxygen atoms in total. The van der Waals surface area contributed by atoms with Crippen molar-refractivity contribution >= 4 is 23.1 Å². The van der Waals surface area contributed by atoms with E-state index in [1.165, 1.54) is 20.1 Å². The molecule has 9 heteroatoms. The van der Waals surface area contributed by atoms with Crippen molar-refractivity contribution in [2.75, 3.05) is 52.1 Å². The molecule has 36 heavy (non-hydrogen) atoms. The first-order valence-corrected chi connectivity index (χ1v) is 11.6. The summed E-state index contributed by atoms with van der Waals surface area (Å²) in [6.45, 7) is 4.23. The van der Waals surface area contributed by atoms with Crippen LogP contribution in [-0.4, -0.2) is 67.5 Å². The van der Waals surface area contributed by atoms with Crippen molar-refractivity contribution < 1.29 is 9.53 Å². The van der Waals surface area contributed by atoms with Gasteiger partial charge in [-0.2, -0.15) is 0 Å². The highest BCUT2D eigenvalue weighted by Crippen LogP contribution is 2.27. The van der Waals surface area contributed by atoms with E-state index in [0.29, 0.717) is 40.9 Å². The van der Waals surface area contributed by atoms with Crippen LogP contribution in [0.25, 0.3) is 11.4 Å². The number of benzene rings is 2. The number of ether oxygens (including phenoxy) is 1. The standard InChI is InChI=1S/C27H34N6O3/c1-18-13-14-22(17-23(18)36-7)32-25(19(2)28)26(29-3)33(27(32)35)21-11-8-10-20(16-21)31(6)24(34)12-9-15-30(4)5/h8-14,16-17,28-29H,15H2,1-7H3/b12-9+,28-19?. The first kappa shape index (κ1) is 26.5. The molecule has 2 aromatic carbocycles. The Balaban J connectivity index is 2.16. The molecule has 0 saturated heterocycles. The molecule has 3 rings (SSSR count). The average Bonchev–Trinajstić information content (AvgIpc) is 3.16. The Morgan fingerprint density at radius 3 is 2.42 bits per heavy atom. The predicted octanol–water partition coefficient (Wildman–Crippen LogP) is 3.46. The smallest absolute Gasteiger partial charge is 0.339 e. The number of anilines is 2. The zero-order chi connectivity index (χ0) is 26.6. The third-order valence-electron chi connectivity index (χ3n) is 5.83. The van der Waals surface area contributed by atoms with Crippen molar-refractivity contribution in [1.82, 2.24) is 14.0 Å². The van der Waals surface area contributed by atoms with Crippen molar-refractivity contribution in [3.8, 4) is 17.1 Å². The van der Waals surface area contributed by atoms with Crippen LogP contribution in [0.1, 0.15) is 18.2 Å². The highest BCUT2D eigenvalue weighted by Gasteiger charge is 2.24. The minimum absolute atomic E-state index is 0.171. The number of carbonyl (C=O) groups is 1. The number of imidazole rings is 1. The molecule has 190 valence electrons. The van der Waals surface area contributed by atoms with Gasteiger partial charge in [-0.05, 0) is 57.8 Å². The first-order valence-electron chi connectivity index (χ1n) is 11.6. The average molecular weight is 491 g/mol. The zero-order valence-corrected chi connectivity index (χ0v) is 21.9. The van der Waals surface area contributed by atoms with Gasteiger partial charge in [0.1, 0.15) is 17.3 Å². The lowest BCUT2D eigenvalue weighted by Gasteiger charge is -2.17. The van der Waals surface area contributed by atoms with E-state index < -0.39 is 0 Å². The highest BCUT2D eigenvalue weighted by molar-refractivity contribution is 6.01. The third-order valence-corrected chi connectivity index (χ3v) is 5.83. The highest BCUT2D eigenvalue weighted by atomic mass is 16.5. The first-order chi connectivity index (χ1) is 17.1. The molecule has 0 fully saturated rings. The van der Waals surface area contributed by atoms with Gasteiger partial charge in [0.25, 0.3) is 0 Å². The van der Waals surface area contributed by atoms with Crippen LogP contribution in [0.3, 0.4) is 0 Å². The molecule has 0 unspecified atom stereocenters. The van der Waals surface area contributed by atoms with E-state index in [1.54, 1.807) is 58.5 Å². The summed E-state index contributed by atoms with van der Waals surface area (Å²) in [5, 5.41) is 11.5. The van der Waals surface area contributed by atoms with Gasteiger partial charge >= 0.3 is 5.69 Å². The Morgan fingerprint density at radius 1 is 1.11 bits per heavy atom. The van der Waals surface area contributed by atoms with E-state index in [4.69, 9.17) is 10.1 Å². The molecule has 0 aliphatic heterocycles. The fraction of sp³-hybridized carbons (Fsp3) is 0.296. The minimum Gasteiger partial charge on any atom is -0.496 e. The summed E-state index contributed by atoms with van der Waals surface area (Å²) >= 11 is 0. The van der Waals surface area contributed by atoms with Crippen molar-refractivity contribution in [2.24, 2.45) is 0 Å². The number of rotatable bonds is 9. The monoisotopic (exact) mass is 490 g/mol. The van der Waals surface area contributed by atoms with Crippen LogP contribution in [-0.2, 0) is 4.79 Å². The molecule has 1 aromatic heterocycles. The molecular weight excluding hydrogens is 456 g/mol. The Morgan fingerprint density at radius 2 is 1.81 bits per heavy atom. The van der Waals surface area contributed by atoms with E-state index in [2.05, 4.69) is 5.32 Å². The number of nitrogens with zero attached hydrogens (tertiary/aromatic N) is 4. The van der Waals surface area contributed by atoms with Gasteiger partial charge in [-0.15, -0.1) is 0 Å². The van der Waals surface area contributed by atoms with E-state index in [0.717, 1.165) is 5.56 Å². The molecule has 0 atom stereocenters. The normalized spacial score (nSPS) is 11.2. The molecule has 1 amide bonds. The fourth-order valence-corrected chi connectivity index (χ4v) is 3.95. The summed E-state index contributed by atoms with van der Waals surface area (Å²) in [4.78, 5) is 30.0. The second-order valence-electron chi connectivity index (χ2n) is 8.76. The number of likely N-dealkylation sites (N-methyl/N-ethyl adjacent to an activating group) is 2. The minimum atomic E-state index is -0.344. The maximum Gasteiger partial charge on any atom is 0.339 e. The van der Waals surface area contributed by atoms with E-state index in [-0.39, 0.29) is 17.3 Å². The van der Waals surface area contributed by atoms with Gasteiger partial charge in [0, 0.05) is 38.5 Å². The Kier molecular flexibility index (Phi) is 8.16. The molecule has 0 aliphatic rings. The molecule has 0 bridgehead atoms. The van der Waals surface area contributed by atoms with Crippen LogP contribution in [0, 0.1) is 12.3 Å². The maximum absolute atomic E-state index is 13.8. The third kappa shape index (κ3) is 5.26. The number of aryl methyl sites for hydroxylation is 1. The number of amides is 1. The zero-order valence-electron chi connectivity index (χ0n) is 21.9. The van der Waals surface area contributed by atoms with Gasteiger partial charge < -0.3 is 25.3 Å². The van der Waals surface area contributed by atoms with Crippen molar-refractivity contribution in [3.63, 3.8) is 0 Å². The van der Waals surface area contributed by atoms with Gasteiger partial charge in [-0.25, -0.2) is 9.36 Å². The van der Waals surface area contributed by atoms with E-state index in [9.17, 15) is 9.59 Å².